The van der Waals surface area contributed by atoms with E-state index in [0.29, 0.717) is 0 Å². The zero-order valence-corrected chi connectivity index (χ0v) is 10.5. The highest BCUT2D eigenvalue weighted by molar-refractivity contribution is 9.10. The first kappa shape index (κ1) is 11.6. The fraction of sp³-hybridized carbons (Fsp3) is 0.500. The Bertz CT molecular complexity index is 294. The predicted molar refractivity (Wildman–Crippen MR) is 66.3 cm³/mol. The van der Waals surface area contributed by atoms with Gasteiger partial charge in [0.2, 0.25) is 0 Å². The van der Waals surface area contributed by atoms with Gasteiger partial charge in [-0.15, -0.1) is 0 Å². The molecule has 2 heteroatoms. The van der Waals surface area contributed by atoms with E-state index in [9.17, 15) is 0 Å². The molecule has 78 valence electrons. The first-order valence-electron chi connectivity index (χ1n) is 5.13. The number of hydrogen-bond acceptors (Lipinski definition) is 1. The van der Waals surface area contributed by atoms with Crippen LogP contribution >= 0.6 is 15.9 Å². The third-order valence-electron chi connectivity index (χ3n) is 2.33. The van der Waals surface area contributed by atoms with Crippen LogP contribution in [0.2, 0.25) is 0 Å². The van der Waals surface area contributed by atoms with Crippen LogP contribution in [0.15, 0.2) is 22.7 Å². The van der Waals surface area contributed by atoms with Crippen LogP contribution in [-0.2, 0) is 6.42 Å². The number of rotatable bonds is 4. The second-order valence-corrected chi connectivity index (χ2v) is 5.04. The van der Waals surface area contributed by atoms with Gasteiger partial charge >= 0.3 is 0 Å². The van der Waals surface area contributed by atoms with Crippen molar-refractivity contribution in [3.05, 3.63) is 28.2 Å². The summed E-state index contributed by atoms with van der Waals surface area (Å²) in [6, 6.07) is 6.08. The third kappa shape index (κ3) is 3.70. The molecule has 0 bridgehead atoms. The van der Waals surface area contributed by atoms with Crippen molar-refractivity contribution in [2.45, 2.75) is 33.1 Å². The van der Waals surface area contributed by atoms with Crippen LogP contribution in [0.5, 0.6) is 0 Å². The maximum Gasteiger partial charge on any atom is 0.0347 e. The molecule has 0 radical (unpaired) electrons. The molecule has 0 heterocycles. The molecule has 0 fully saturated rings. The maximum absolute atomic E-state index is 5.89. The molecule has 1 aromatic carbocycles. The average molecular weight is 256 g/mol. The van der Waals surface area contributed by atoms with E-state index < -0.39 is 0 Å². The van der Waals surface area contributed by atoms with Crippen LogP contribution in [0.4, 0.5) is 5.69 Å². The molecule has 1 nitrogen and oxygen atoms in total. The molecular weight excluding hydrogens is 238 g/mol. The van der Waals surface area contributed by atoms with Crippen molar-refractivity contribution in [1.29, 1.82) is 0 Å². The lowest BCUT2D eigenvalue weighted by Gasteiger charge is -2.07. The van der Waals surface area contributed by atoms with Crippen LogP contribution in [-0.4, -0.2) is 0 Å². The smallest absolute Gasteiger partial charge is 0.0347 e. The molecule has 0 aromatic heterocycles. The largest absolute Gasteiger partial charge is 0.399 e. The minimum absolute atomic E-state index is 0.781. The van der Waals surface area contributed by atoms with Crippen molar-refractivity contribution in [3.63, 3.8) is 0 Å². The monoisotopic (exact) mass is 255 g/mol. The van der Waals surface area contributed by atoms with Gasteiger partial charge in [-0.3, -0.25) is 0 Å². The summed E-state index contributed by atoms with van der Waals surface area (Å²) in [6.45, 7) is 4.51. The first-order valence-corrected chi connectivity index (χ1v) is 5.93. The second-order valence-electron chi connectivity index (χ2n) is 4.13. The summed E-state index contributed by atoms with van der Waals surface area (Å²) in [7, 11) is 0. The van der Waals surface area contributed by atoms with Gasteiger partial charge in [0, 0.05) is 10.2 Å². The van der Waals surface area contributed by atoms with E-state index in [1.165, 1.54) is 18.4 Å². The normalized spacial score (nSPS) is 10.9. The molecule has 0 saturated carbocycles. The Morgan fingerprint density at radius 3 is 2.71 bits per heavy atom. The topological polar surface area (TPSA) is 26.0 Å². The lowest BCUT2D eigenvalue weighted by molar-refractivity contribution is 0.556. The number of benzene rings is 1. The zero-order chi connectivity index (χ0) is 10.6. The lowest BCUT2D eigenvalue weighted by Crippen LogP contribution is -1.96. The molecule has 1 rings (SSSR count). The van der Waals surface area contributed by atoms with Crippen molar-refractivity contribution >= 4 is 21.6 Å². The highest BCUT2D eigenvalue weighted by atomic mass is 79.9. The van der Waals surface area contributed by atoms with Gasteiger partial charge in [0.25, 0.3) is 0 Å². The van der Waals surface area contributed by atoms with E-state index >= 15 is 0 Å². The average Bonchev–Trinajstić information content (AvgIpc) is 2.10. The molecule has 0 unspecified atom stereocenters. The van der Waals surface area contributed by atoms with E-state index in [0.717, 1.165) is 22.5 Å². The molecule has 1 aromatic rings. The minimum Gasteiger partial charge on any atom is -0.399 e. The van der Waals surface area contributed by atoms with Crippen LogP contribution in [0.3, 0.4) is 0 Å². The fourth-order valence-electron chi connectivity index (χ4n) is 1.49. The van der Waals surface area contributed by atoms with Gasteiger partial charge in [0.05, 0.1) is 0 Å². The Morgan fingerprint density at radius 1 is 1.36 bits per heavy atom. The van der Waals surface area contributed by atoms with Gasteiger partial charge in [-0.25, -0.2) is 0 Å². The van der Waals surface area contributed by atoms with Crippen LogP contribution < -0.4 is 5.73 Å². The molecule has 2 N–H and O–H groups in total. The molecule has 0 saturated heterocycles. The summed E-state index contributed by atoms with van der Waals surface area (Å²) in [6.07, 6.45) is 3.58. The molecule has 0 aliphatic carbocycles. The lowest BCUT2D eigenvalue weighted by atomic mass is 10.0. The van der Waals surface area contributed by atoms with Gasteiger partial charge in [-0.2, -0.15) is 0 Å². The number of nitrogen functional groups attached to an aromatic ring is 1. The molecule has 0 amide bonds. The van der Waals surface area contributed by atoms with Crippen molar-refractivity contribution in [3.8, 4) is 0 Å². The first-order chi connectivity index (χ1) is 6.59. The summed E-state index contributed by atoms with van der Waals surface area (Å²) in [5.41, 5.74) is 8.06. The highest BCUT2D eigenvalue weighted by Crippen LogP contribution is 2.20. The summed E-state index contributed by atoms with van der Waals surface area (Å²) in [4.78, 5) is 0. The van der Waals surface area contributed by atoms with Crippen LogP contribution in [0.1, 0.15) is 32.3 Å². The zero-order valence-electron chi connectivity index (χ0n) is 8.89. The number of anilines is 1. The molecular formula is C12H18BrN. The van der Waals surface area contributed by atoms with Crippen molar-refractivity contribution < 1.29 is 0 Å². The summed E-state index contributed by atoms with van der Waals surface area (Å²) in [5.74, 6) is 0.781. The molecule has 0 atom stereocenters. The molecule has 14 heavy (non-hydrogen) atoms. The van der Waals surface area contributed by atoms with Gasteiger partial charge in [-0.05, 0) is 42.5 Å². The van der Waals surface area contributed by atoms with Gasteiger partial charge in [0.15, 0.2) is 0 Å². The Balaban J connectivity index is 2.53. The number of halogens is 1. The third-order valence-corrected chi connectivity index (χ3v) is 2.83. The Hall–Kier alpha value is -0.500. The Labute approximate surface area is 94.8 Å². The quantitative estimate of drug-likeness (QED) is 0.809. The Morgan fingerprint density at radius 2 is 2.07 bits per heavy atom. The summed E-state index contributed by atoms with van der Waals surface area (Å²) in [5, 5.41) is 0. The van der Waals surface area contributed by atoms with E-state index in [1.807, 2.05) is 12.1 Å². The Kier molecular flexibility index (Phi) is 4.46. The van der Waals surface area contributed by atoms with E-state index in [4.69, 9.17) is 5.73 Å². The van der Waals surface area contributed by atoms with Crippen molar-refractivity contribution in [1.82, 2.24) is 0 Å². The molecule has 0 aliphatic heterocycles. The van der Waals surface area contributed by atoms with E-state index in [1.54, 1.807) is 0 Å². The standard InChI is InChI=1S/C12H18BrN/c1-9(2)4-3-5-10-8-11(13)6-7-12(10)14/h6-9H,3-5,14H2,1-2H3. The van der Waals surface area contributed by atoms with Crippen molar-refractivity contribution in [2.75, 3.05) is 5.73 Å². The van der Waals surface area contributed by atoms with Gasteiger partial charge < -0.3 is 5.73 Å². The van der Waals surface area contributed by atoms with Crippen LogP contribution in [0.25, 0.3) is 0 Å². The minimum atomic E-state index is 0.781. The van der Waals surface area contributed by atoms with Gasteiger partial charge in [-0.1, -0.05) is 36.2 Å². The predicted octanol–water partition coefficient (Wildman–Crippen LogP) is 4.01. The molecule has 0 aliphatic rings. The fourth-order valence-corrected chi connectivity index (χ4v) is 1.90. The van der Waals surface area contributed by atoms with Gasteiger partial charge in [0.1, 0.15) is 0 Å². The SMILES string of the molecule is CC(C)CCCc1cc(Br)ccc1N. The van der Waals surface area contributed by atoms with Crippen LogP contribution in [0, 0.1) is 5.92 Å². The molecule has 0 spiro atoms. The second kappa shape index (κ2) is 5.40. The number of aryl methyl sites for hydroxylation is 1. The van der Waals surface area contributed by atoms with E-state index in [-0.39, 0.29) is 0 Å². The summed E-state index contributed by atoms with van der Waals surface area (Å²) < 4.78 is 1.12. The number of hydrogen-bond donors (Lipinski definition) is 1. The van der Waals surface area contributed by atoms with E-state index in [2.05, 4.69) is 35.8 Å². The maximum atomic E-state index is 5.89. The number of nitrogens with two attached hydrogens (primary N) is 1. The van der Waals surface area contributed by atoms with Crippen molar-refractivity contribution in [2.24, 2.45) is 5.92 Å². The summed E-state index contributed by atoms with van der Waals surface area (Å²) >= 11 is 3.46. The highest BCUT2D eigenvalue weighted by Gasteiger charge is 2.01.